The van der Waals surface area contributed by atoms with Crippen LogP contribution in [0.25, 0.3) is 0 Å². The lowest BCUT2D eigenvalue weighted by molar-refractivity contribution is -0.162. The number of ether oxygens (including phenoxy) is 2. The Labute approximate surface area is 108 Å². The Morgan fingerprint density at radius 2 is 2.39 bits per heavy atom. The Balaban J connectivity index is 2.17. The highest BCUT2D eigenvalue weighted by Gasteiger charge is 2.60. The number of fused-ring (bicyclic) bond motifs is 1. The largest absolute Gasteiger partial charge is 0.460 e. The molecule has 0 radical (unpaired) electrons. The van der Waals surface area contributed by atoms with E-state index in [0.717, 1.165) is 10.5 Å². The average molecular weight is 264 g/mol. The maximum atomic E-state index is 12.2. The van der Waals surface area contributed by atoms with Crippen molar-refractivity contribution in [2.75, 3.05) is 13.2 Å². The van der Waals surface area contributed by atoms with E-state index in [0.29, 0.717) is 6.61 Å². The third-order valence-corrected chi connectivity index (χ3v) is 4.44. The number of hydrogen-bond acceptors (Lipinski definition) is 5. The molecule has 2 aliphatic heterocycles. The van der Waals surface area contributed by atoms with Crippen LogP contribution in [0.2, 0.25) is 0 Å². The highest BCUT2D eigenvalue weighted by molar-refractivity contribution is 7.10. The Morgan fingerprint density at radius 3 is 3.06 bits per heavy atom. The van der Waals surface area contributed by atoms with Gasteiger partial charge < -0.3 is 9.47 Å². The van der Waals surface area contributed by atoms with Crippen molar-refractivity contribution in [3.05, 3.63) is 34.0 Å². The number of carbonyl (C=O) groups is 2. The summed E-state index contributed by atoms with van der Waals surface area (Å²) in [5.41, 5.74) is -0.520. The Kier molecular flexibility index (Phi) is 2.60. The van der Waals surface area contributed by atoms with Crippen molar-refractivity contribution in [1.29, 1.82) is 0 Å². The van der Waals surface area contributed by atoms with Gasteiger partial charge in [-0.15, -0.1) is 11.3 Å². The highest BCUT2D eigenvalue weighted by Crippen LogP contribution is 2.52. The molecule has 1 aromatic rings. The van der Waals surface area contributed by atoms with Crippen LogP contribution in [0.1, 0.15) is 17.9 Å². The monoisotopic (exact) mass is 264 g/mol. The first-order valence-electron chi connectivity index (χ1n) is 5.70. The first-order valence-corrected chi connectivity index (χ1v) is 6.58. The molecule has 3 rings (SSSR count). The van der Waals surface area contributed by atoms with Crippen LogP contribution in [-0.2, 0) is 19.1 Å². The fraction of sp³-hybridized carbons (Fsp3) is 0.385. The Hall–Kier alpha value is -1.46. The zero-order chi connectivity index (χ0) is 12.8. The van der Waals surface area contributed by atoms with E-state index in [4.69, 9.17) is 9.47 Å². The summed E-state index contributed by atoms with van der Waals surface area (Å²) >= 11 is 1.48. The van der Waals surface area contributed by atoms with Crippen molar-refractivity contribution < 1.29 is 19.1 Å². The lowest BCUT2D eigenvalue weighted by atomic mass is 9.72. The number of thiophene rings is 1. The van der Waals surface area contributed by atoms with Crippen LogP contribution in [-0.4, -0.2) is 25.0 Å². The fourth-order valence-electron chi connectivity index (χ4n) is 2.66. The maximum absolute atomic E-state index is 12.2. The summed E-state index contributed by atoms with van der Waals surface area (Å²) in [5, 5.41) is 1.91. The van der Waals surface area contributed by atoms with E-state index in [-0.39, 0.29) is 12.4 Å². The van der Waals surface area contributed by atoms with Crippen LogP contribution >= 0.6 is 11.3 Å². The van der Waals surface area contributed by atoms with Crippen molar-refractivity contribution in [3.8, 4) is 0 Å². The number of ketones is 1. The van der Waals surface area contributed by atoms with Gasteiger partial charge in [0.2, 0.25) is 0 Å². The summed E-state index contributed by atoms with van der Waals surface area (Å²) < 4.78 is 10.8. The topological polar surface area (TPSA) is 52.6 Å². The first kappa shape index (κ1) is 11.6. The molecular formula is C13H12O4S. The van der Waals surface area contributed by atoms with Crippen molar-refractivity contribution in [2.24, 2.45) is 5.41 Å². The minimum Gasteiger partial charge on any atom is -0.460 e. The summed E-state index contributed by atoms with van der Waals surface area (Å²) in [6.07, 6.45) is 1.24. The molecule has 2 atom stereocenters. The predicted octanol–water partition coefficient (Wildman–Crippen LogP) is 1.88. The Morgan fingerprint density at radius 1 is 1.56 bits per heavy atom. The van der Waals surface area contributed by atoms with Gasteiger partial charge in [0.25, 0.3) is 0 Å². The van der Waals surface area contributed by atoms with Crippen molar-refractivity contribution in [2.45, 2.75) is 13.0 Å². The van der Waals surface area contributed by atoms with Gasteiger partial charge in [0.05, 0.1) is 6.61 Å². The van der Waals surface area contributed by atoms with Crippen molar-refractivity contribution in [1.82, 2.24) is 0 Å². The predicted molar refractivity (Wildman–Crippen MR) is 65.2 cm³/mol. The lowest BCUT2D eigenvalue weighted by Crippen LogP contribution is -2.45. The van der Waals surface area contributed by atoms with Gasteiger partial charge in [-0.2, -0.15) is 0 Å². The van der Waals surface area contributed by atoms with Gasteiger partial charge in [0.1, 0.15) is 12.7 Å². The van der Waals surface area contributed by atoms with Gasteiger partial charge in [0, 0.05) is 4.88 Å². The molecule has 4 nitrogen and oxygen atoms in total. The summed E-state index contributed by atoms with van der Waals surface area (Å²) in [7, 11) is 0. The van der Waals surface area contributed by atoms with Gasteiger partial charge in [-0.1, -0.05) is 6.07 Å². The standard InChI is InChI=1S/C13H12O4S/c1-8(14)13-9(4-5-16-12(13)15)7-17-11(13)10-3-2-6-18-10/h2-4,6,11H,5,7H2,1H3. The number of hydrogen-bond donors (Lipinski definition) is 0. The quantitative estimate of drug-likeness (QED) is 0.465. The molecule has 0 saturated carbocycles. The fourth-order valence-corrected chi connectivity index (χ4v) is 3.50. The lowest BCUT2D eigenvalue weighted by Gasteiger charge is -2.32. The minimum atomic E-state index is -1.26. The molecular weight excluding hydrogens is 252 g/mol. The molecule has 5 heteroatoms. The number of carbonyl (C=O) groups excluding carboxylic acids is 2. The van der Waals surface area contributed by atoms with Gasteiger partial charge in [-0.3, -0.25) is 9.59 Å². The highest BCUT2D eigenvalue weighted by atomic mass is 32.1. The molecule has 1 aromatic heterocycles. The van der Waals surface area contributed by atoms with E-state index in [1.165, 1.54) is 18.3 Å². The van der Waals surface area contributed by atoms with E-state index >= 15 is 0 Å². The van der Waals surface area contributed by atoms with Crippen LogP contribution in [0, 0.1) is 5.41 Å². The average Bonchev–Trinajstić information content (AvgIpc) is 2.95. The second-order valence-electron chi connectivity index (χ2n) is 4.40. The molecule has 94 valence electrons. The molecule has 0 spiro atoms. The number of cyclic esters (lactones) is 1. The molecule has 0 bridgehead atoms. The number of rotatable bonds is 2. The Bertz CT molecular complexity index is 531. The second-order valence-corrected chi connectivity index (χ2v) is 5.38. The van der Waals surface area contributed by atoms with Crippen LogP contribution in [0.15, 0.2) is 29.2 Å². The molecule has 0 aromatic carbocycles. The number of Topliss-reactive ketones (excluding diaryl/α,β-unsaturated/α-hetero) is 1. The molecule has 1 fully saturated rings. The SMILES string of the molecule is CC(=O)C12C(=O)OCC=C1COC2c1cccs1. The summed E-state index contributed by atoms with van der Waals surface area (Å²) in [6, 6.07) is 3.76. The zero-order valence-electron chi connectivity index (χ0n) is 9.84. The molecule has 3 heterocycles. The normalized spacial score (nSPS) is 30.6. The third kappa shape index (κ3) is 1.34. The molecule has 0 N–H and O–H groups in total. The van der Waals surface area contributed by atoms with E-state index in [2.05, 4.69) is 0 Å². The maximum Gasteiger partial charge on any atom is 0.327 e. The van der Waals surface area contributed by atoms with Gasteiger partial charge in [-0.05, 0) is 30.0 Å². The first-order chi connectivity index (χ1) is 8.67. The van der Waals surface area contributed by atoms with Crippen molar-refractivity contribution in [3.63, 3.8) is 0 Å². The van der Waals surface area contributed by atoms with E-state index < -0.39 is 17.5 Å². The van der Waals surface area contributed by atoms with E-state index in [1.54, 1.807) is 6.08 Å². The molecule has 18 heavy (non-hydrogen) atoms. The zero-order valence-corrected chi connectivity index (χ0v) is 10.7. The van der Waals surface area contributed by atoms with E-state index in [1.807, 2.05) is 17.5 Å². The van der Waals surface area contributed by atoms with Crippen LogP contribution in [0.3, 0.4) is 0 Å². The van der Waals surface area contributed by atoms with Gasteiger partial charge in [0.15, 0.2) is 11.2 Å². The van der Waals surface area contributed by atoms with Crippen LogP contribution in [0.5, 0.6) is 0 Å². The van der Waals surface area contributed by atoms with E-state index in [9.17, 15) is 9.59 Å². The summed E-state index contributed by atoms with van der Waals surface area (Å²) in [5.74, 6) is -0.697. The van der Waals surface area contributed by atoms with Crippen molar-refractivity contribution >= 4 is 23.1 Å². The second kappa shape index (κ2) is 4.03. The van der Waals surface area contributed by atoms with Gasteiger partial charge >= 0.3 is 5.97 Å². The summed E-state index contributed by atoms with van der Waals surface area (Å²) in [4.78, 5) is 25.2. The smallest absolute Gasteiger partial charge is 0.327 e. The summed E-state index contributed by atoms with van der Waals surface area (Å²) in [6.45, 7) is 1.97. The van der Waals surface area contributed by atoms with Crippen LogP contribution < -0.4 is 0 Å². The third-order valence-electron chi connectivity index (χ3n) is 3.53. The number of esters is 1. The molecule has 0 amide bonds. The molecule has 0 aliphatic carbocycles. The molecule has 2 aliphatic rings. The van der Waals surface area contributed by atoms with Gasteiger partial charge in [-0.25, -0.2) is 0 Å². The van der Waals surface area contributed by atoms with Crippen LogP contribution in [0.4, 0.5) is 0 Å². The molecule has 1 saturated heterocycles. The molecule has 2 unspecified atom stereocenters. The minimum absolute atomic E-state index is 0.214.